The van der Waals surface area contributed by atoms with Crippen LogP contribution in [0.25, 0.3) is 0 Å². The average molecular weight is 375 g/mol. The van der Waals surface area contributed by atoms with E-state index in [0.29, 0.717) is 17.8 Å². The van der Waals surface area contributed by atoms with Crippen LogP contribution in [0.15, 0.2) is 53.4 Å². The minimum atomic E-state index is -3.77. The molecule has 0 aliphatic rings. The molecule has 6 heteroatoms. The first kappa shape index (κ1) is 20.0. The van der Waals surface area contributed by atoms with Gasteiger partial charge in [0.25, 0.3) is 15.9 Å². The van der Waals surface area contributed by atoms with Gasteiger partial charge >= 0.3 is 0 Å². The van der Waals surface area contributed by atoms with Crippen molar-refractivity contribution in [1.29, 1.82) is 0 Å². The van der Waals surface area contributed by atoms with Gasteiger partial charge in [0.1, 0.15) is 0 Å². The van der Waals surface area contributed by atoms with Crippen LogP contribution >= 0.6 is 0 Å². The second kappa shape index (κ2) is 7.91. The van der Waals surface area contributed by atoms with Gasteiger partial charge in [-0.25, -0.2) is 8.42 Å². The Balaban J connectivity index is 2.21. The van der Waals surface area contributed by atoms with Crippen LogP contribution in [-0.4, -0.2) is 20.9 Å². The quantitative estimate of drug-likeness (QED) is 0.804. The molecule has 0 radical (unpaired) electrons. The van der Waals surface area contributed by atoms with Crippen molar-refractivity contribution in [3.8, 4) is 0 Å². The highest BCUT2D eigenvalue weighted by atomic mass is 32.2. The van der Waals surface area contributed by atoms with Crippen molar-refractivity contribution >= 4 is 21.6 Å². The fraction of sp³-hybridized carbons (Fsp3) is 0.350. The molecule has 0 atom stereocenters. The Kier molecular flexibility index (Phi) is 6.08. The predicted molar refractivity (Wildman–Crippen MR) is 105 cm³/mol. The number of carbonyl (C=O) groups is 1. The van der Waals surface area contributed by atoms with Crippen molar-refractivity contribution in [2.24, 2.45) is 0 Å². The van der Waals surface area contributed by atoms with Crippen molar-refractivity contribution in [2.45, 2.75) is 44.4 Å². The molecule has 2 aromatic carbocycles. The lowest BCUT2D eigenvalue weighted by Gasteiger charge is -2.19. The Bertz CT molecular complexity index is 867. The van der Waals surface area contributed by atoms with Crippen LogP contribution in [0.5, 0.6) is 0 Å². The van der Waals surface area contributed by atoms with E-state index in [1.807, 2.05) is 19.1 Å². The van der Waals surface area contributed by atoms with E-state index in [0.717, 1.165) is 12.0 Å². The summed E-state index contributed by atoms with van der Waals surface area (Å²) in [5.41, 5.74) is 1.93. The van der Waals surface area contributed by atoms with Gasteiger partial charge in [0.05, 0.1) is 4.90 Å². The molecule has 0 aromatic heterocycles. The lowest BCUT2D eigenvalue weighted by atomic mass is 9.87. The monoisotopic (exact) mass is 374 g/mol. The van der Waals surface area contributed by atoms with Gasteiger partial charge in [-0.1, -0.05) is 45.9 Å². The summed E-state index contributed by atoms with van der Waals surface area (Å²) in [5.74, 6) is -0.279. The van der Waals surface area contributed by atoms with E-state index in [4.69, 9.17) is 0 Å². The molecule has 2 rings (SSSR count). The molecule has 0 unspecified atom stereocenters. The van der Waals surface area contributed by atoms with E-state index in [-0.39, 0.29) is 16.2 Å². The molecule has 0 spiro atoms. The van der Waals surface area contributed by atoms with E-state index in [1.165, 1.54) is 12.1 Å². The Morgan fingerprint density at radius 3 is 2.27 bits per heavy atom. The third kappa shape index (κ3) is 5.08. The topological polar surface area (TPSA) is 75.3 Å². The van der Waals surface area contributed by atoms with Gasteiger partial charge in [0.15, 0.2) is 0 Å². The maximum absolute atomic E-state index is 12.6. The predicted octanol–water partition coefficient (Wildman–Crippen LogP) is 3.92. The molecule has 0 aliphatic heterocycles. The zero-order valence-corrected chi connectivity index (χ0v) is 16.5. The van der Waals surface area contributed by atoms with Crippen LogP contribution in [-0.2, 0) is 15.4 Å². The second-order valence-corrected chi connectivity index (χ2v) is 8.90. The van der Waals surface area contributed by atoms with Crippen LogP contribution in [0.4, 0.5) is 5.69 Å². The minimum absolute atomic E-state index is 0.00239. The molecule has 26 heavy (non-hydrogen) atoms. The number of benzene rings is 2. The number of sulfonamides is 1. The first-order valence-corrected chi connectivity index (χ1v) is 10.1. The van der Waals surface area contributed by atoms with Crippen molar-refractivity contribution in [3.63, 3.8) is 0 Å². The Morgan fingerprint density at radius 2 is 1.69 bits per heavy atom. The standard InChI is InChI=1S/C20H26N2O3S/c1-5-13-21-19(23)15-7-6-8-18(14-15)26(24,25)22-17-11-9-16(10-12-17)20(2,3)4/h6-12,14,22H,5,13H2,1-4H3,(H,21,23). The van der Waals surface area contributed by atoms with Crippen molar-refractivity contribution in [2.75, 3.05) is 11.3 Å². The number of hydrogen-bond donors (Lipinski definition) is 2. The molecule has 0 fully saturated rings. The Hall–Kier alpha value is -2.34. The summed E-state index contributed by atoms with van der Waals surface area (Å²) in [6, 6.07) is 13.3. The molecular formula is C20H26N2O3S. The van der Waals surface area contributed by atoms with E-state index >= 15 is 0 Å². The molecule has 2 N–H and O–H groups in total. The number of hydrogen-bond acceptors (Lipinski definition) is 3. The van der Waals surface area contributed by atoms with Gasteiger partial charge in [-0.3, -0.25) is 9.52 Å². The molecule has 0 heterocycles. The minimum Gasteiger partial charge on any atom is -0.352 e. The summed E-state index contributed by atoms with van der Waals surface area (Å²) < 4.78 is 27.8. The van der Waals surface area contributed by atoms with Gasteiger partial charge < -0.3 is 5.32 Å². The van der Waals surface area contributed by atoms with Crippen LogP contribution < -0.4 is 10.0 Å². The van der Waals surface area contributed by atoms with Gasteiger partial charge in [-0.2, -0.15) is 0 Å². The number of nitrogens with one attached hydrogen (secondary N) is 2. The maximum atomic E-state index is 12.6. The van der Waals surface area contributed by atoms with Crippen LogP contribution in [0, 0.1) is 0 Å². The van der Waals surface area contributed by atoms with Gasteiger partial charge in [0, 0.05) is 17.8 Å². The van der Waals surface area contributed by atoms with Crippen LogP contribution in [0.2, 0.25) is 0 Å². The molecule has 0 bridgehead atoms. The van der Waals surface area contributed by atoms with Gasteiger partial charge in [-0.05, 0) is 47.7 Å². The molecule has 1 amide bonds. The largest absolute Gasteiger partial charge is 0.352 e. The maximum Gasteiger partial charge on any atom is 0.261 e. The molecule has 0 aliphatic carbocycles. The summed E-state index contributed by atoms with van der Waals surface area (Å²) in [5, 5.41) is 2.74. The second-order valence-electron chi connectivity index (χ2n) is 7.22. The first-order chi connectivity index (χ1) is 12.1. The lowest BCUT2D eigenvalue weighted by molar-refractivity contribution is 0.0953. The average Bonchev–Trinajstić information content (AvgIpc) is 2.59. The third-order valence-electron chi connectivity index (χ3n) is 3.95. The third-order valence-corrected chi connectivity index (χ3v) is 5.32. The number of anilines is 1. The number of rotatable bonds is 6. The van der Waals surface area contributed by atoms with Crippen molar-refractivity contribution < 1.29 is 13.2 Å². The van der Waals surface area contributed by atoms with E-state index in [2.05, 4.69) is 30.8 Å². The van der Waals surface area contributed by atoms with E-state index < -0.39 is 10.0 Å². The lowest BCUT2D eigenvalue weighted by Crippen LogP contribution is -2.24. The fourth-order valence-electron chi connectivity index (χ4n) is 2.40. The highest BCUT2D eigenvalue weighted by Crippen LogP contribution is 2.24. The van der Waals surface area contributed by atoms with Crippen molar-refractivity contribution in [3.05, 3.63) is 59.7 Å². The van der Waals surface area contributed by atoms with E-state index in [9.17, 15) is 13.2 Å². The summed E-state index contributed by atoms with van der Waals surface area (Å²) in [6.45, 7) is 8.80. The van der Waals surface area contributed by atoms with Gasteiger partial charge in [-0.15, -0.1) is 0 Å². The summed E-state index contributed by atoms with van der Waals surface area (Å²) >= 11 is 0. The zero-order valence-electron chi connectivity index (χ0n) is 15.7. The Labute approximate surface area is 155 Å². The van der Waals surface area contributed by atoms with Crippen LogP contribution in [0.3, 0.4) is 0 Å². The fourth-order valence-corrected chi connectivity index (χ4v) is 3.50. The van der Waals surface area contributed by atoms with Crippen molar-refractivity contribution in [1.82, 2.24) is 5.32 Å². The first-order valence-electron chi connectivity index (χ1n) is 8.65. The van der Waals surface area contributed by atoms with Gasteiger partial charge in [0.2, 0.25) is 0 Å². The molecule has 5 nitrogen and oxygen atoms in total. The highest BCUT2D eigenvalue weighted by Gasteiger charge is 2.18. The normalized spacial score (nSPS) is 11.8. The molecule has 0 saturated carbocycles. The summed E-state index contributed by atoms with van der Waals surface area (Å²) in [7, 11) is -3.77. The van der Waals surface area contributed by atoms with Crippen LogP contribution in [0.1, 0.15) is 50.0 Å². The summed E-state index contributed by atoms with van der Waals surface area (Å²) in [6.07, 6.45) is 0.815. The summed E-state index contributed by atoms with van der Waals surface area (Å²) in [4.78, 5) is 12.1. The van der Waals surface area contributed by atoms with E-state index in [1.54, 1.807) is 24.3 Å². The highest BCUT2D eigenvalue weighted by molar-refractivity contribution is 7.92. The SMILES string of the molecule is CCCNC(=O)c1cccc(S(=O)(=O)Nc2ccc(C(C)(C)C)cc2)c1. The zero-order chi connectivity index (χ0) is 19.4. The number of carbonyl (C=O) groups excluding carboxylic acids is 1. The molecule has 2 aromatic rings. The smallest absolute Gasteiger partial charge is 0.261 e. The Morgan fingerprint density at radius 1 is 1.04 bits per heavy atom. The number of amides is 1. The molecular weight excluding hydrogens is 348 g/mol. The molecule has 140 valence electrons. The molecule has 0 saturated heterocycles.